The van der Waals surface area contributed by atoms with Gasteiger partial charge in [-0.25, -0.2) is 0 Å². The van der Waals surface area contributed by atoms with Gasteiger partial charge >= 0.3 is 0 Å². The van der Waals surface area contributed by atoms with Gasteiger partial charge in [-0.1, -0.05) is 57.5 Å². The molecule has 0 heterocycles. The van der Waals surface area contributed by atoms with Gasteiger partial charge in [-0.05, 0) is 23.8 Å². The maximum atomic E-state index is 6.43. The summed E-state index contributed by atoms with van der Waals surface area (Å²) in [5, 5.41) is 0.287. The lowest BCUT2D eigenvalue weighted by atomic mass is 9.88. The highest BCUT2D eigenvalue weighted by molar-refractivity contribution is 6.20. The molecule has 0 N–H and O–H groups in total. The summed E-state index contributed by atoms with van der Waals surface area (Å²) in [6, 6.07) is 10.6. The number of halogens is 1. The first-order chi connectivity index (χ1) is 7.15. The highest BCUT2D eigenvalue weighted by atomic mass is 35.5. The van der Waals surface area contributed by atoms with E-state index in [0.29, 0.717) is 11.8 Å². The van der Waals surface area contributed by atoms with Crippen LogP contribution in [-0.2, 0) is 6.42 Å². The first-order valence-electron chi connectivity index (χ1n) is 5.83. The molecule has 0 aromatic heterocycles. The number of hydrogen-bond donors (Lipinski definition) is 0. The van der Waals surface area contributed by atoms with Gasteiger partial charge in [0.25, 0.3) is 0 Å². The Morgan fingerprint density at radius 2 is 1.73 bits per heavy atom. The smallest absolute Gasteiger partial charge is 0.0390 e. The quantitative estimate of drug-likeness (QED) is 0.646. The second kappa shape index (κ2) is 6.17. The molecule has 0 fully saturated rings. The van der Waals surface area contributed by atoms with Crippen molar-refractivity contribution in [2.45, 2.75) is 39.0 Å². The molecule has 0 bridgehead atoms. The molecule has 0 aliphatic heterocycles. The normalized spacial score (nSPS) is 15.3. The molecule has 0 aliphatic carbocycles. The van der Waals surface area contributed by atoms with Crippen LogP contribution in [0, 0.1) is 11.8 Å². The van der Waals surface area contributed by atoms with Gasteiger partial charge in [-0.2, -0.15) is 0 Å². The maximum Gasteiger partial charge on any atom is 0.0390 e. The molecule has 0 saturated heterocycles. The second-order valence-corrected chi connectivity index (χ2v) is 5.05. The molecule has 0 amide bonds. The number of alkyl halides is 1. The third-order valence-electron chi connectivity index (χ3n) is 2.95. The summed E-state index contributed by atoms with van der Waals surface area (Å²) in [5.74, 6) is 1.15. The van der Waals surface area contributed by atoms with Crippen molar-refractivity contribution in [2.75, 3.05) is 0 Å². The molecule has 0 spiro atoms. The van der Waals surface area contributed by atoms with Crippen molar-refractivity contribution in [3.8, 4) is 0 Å². The molecular weight excluding hydrogens is 204 g/mol. The van der Waals surface area contributed by atoms with Crippen molar-refractivity contribution in [1.82, 2.24) is 0 Å². The fourth-order valence-corrected chi connectivity index (χ4v) is 2.21. The lowest BCUT2D eigenvalue weighted by Crippen LogP contribution is -2.22. The summed E-state index contributed by atoms with van der Waals surface area (Å²) in [6.45, 7) is 6.63. The first-order valence-corrected chi connectivity index (χ1v) is 6.26. The van der Waals surface area contributed by atoms with Crippen molar-refractivity contribution < 1.29 is 0 Å². The summed E-state index contributed by atoms with van der Waals surface area (Å²) >= 11 is 6.43. The van der Waals surface area contributed by atoms with Crippen LogP contribution < -0.4 is 0 Å². The summed E-state index contributed by atoms with van der Waals surface area (Å²) in [7, 11) is 0. The van der Waals surface area contributed by atoms with E-state index in [0.717, 1.165) is 12.8 Å². The zero-order valence-electron chi connectivity index (χ0n) is 9.91. The lowest BCUT2D eigenvalue weighted by Gasteiger charge is -2.24. The van der Waals surface area contributed by atoms with Gasteiger partial charge in [-0.3, -0.25) is 0 Å². The van der Waals surface area contributed by atoms with E-state index in [1.807, 2.05) is 0 Å². The third kappa shape index (κ3) is 3.87. The second-order valence-electron chi connectivity index (χ2n) is 4.55. The Kier molecular flexibility index (Phi) is 5.17. The van der Waals surface area contributed by atoms with E-state index in [-0.39, 0.29) is 5.38 Å². The highest BCUT2D eigenvalue weighted by Crippen LogP contribution is 2.25. The van der Waals surface area contributed by atoms with Gasteiger partial charge in [0.05, 0.1) is 0 Å². The van der Waals surface area contributed by atoms with Gasteiger partial charge in [0.15, 0.2) is 0 Å². The Balaban J connectivity index is 2.62. The molecule has 15 heavy (non-hydrogen) atoms. The van der Waals surface area contributed by atoms with Gasteiger partial charge < -0.3 is 0 Å². The highest BCUT2D eigenvalue weighted by Gasteiger charge is 2.20. The molecule has 2 unspecified atom stereocenters. The Hall–Kier alpha value is -0.490. The number of rotatable bonds is 5. The molecule has 1 rings (SSSR count). The maximum absolute atomic E-state index is 6.43. The molecule has 2 atom stereocenters. The van der Waals surface area contributed by atoms with E-state index < -0.39 is 0 Å². The van der Waals surface area contributed by atoms with Crippen LogP contribution in [0.5, 0.6) is 0 Å². The van der Waals surface area contributed by atoms with E-state index in [1.165, 1.54) is 5.56 Å². The summed E-state index contributed by atoms with van der Waals surface area (Å²) in [5.41, 5.74) is 1.40. The lowest BCUT2D eigenvalue weighted by molar-refractivity contribution is 0.406. The summed E-state index contributed by atoms with van der Waals surface area (Å²) < 4.78 is 0. The number of benzene rings is 1. The van der Waals surface area contributed by atoms with Crippen molar-refractivity contribution in [3.05, 3.63) is 35.9 Å². The fraction of sp³-hybridized carbons (Fsp3) is 0.571. The zero-order chi connectivity index (χ0) is 11.3. The molecule has 0 saturated carbocycles. The average Bonchev–Trinajstić information content (AvgIpc) is 2.26. The van der Waals surface area contributed by atoms with Gasteiger partial charge in [0.2, 0.25) is 0 Å². The molecule has 0 nitrogen and oxygen atoms in total. The van der Waals surface area contributed by atoms with Crippen LogP contribution in [0.2, 0.25) is 0 Å². The minimum atomic E-state index is 0.287. The minimum absolute atomic E-state index is 0.287. The van der Waals surface area contributed by atoms with E-state index in [9.17, 15) is 0 Å². The Labute approximate surface area is 98.7 Å². The van der Waals surface area contributed by atoms with E-state index in [4.69, 9.17) is 11.6 Å². The van der Waals surface area contributed by atoms with Crippen LogP contribution in [0.15, 0.2) is 30.3 Å². The predicted molar refractivity (Wildman–Crippen MR) is 68.4 cm³/mol. The van der Waals surface area contributed by atoms with E-state index in [1.54, 1.807) is 0 Å². The monoisotopic (exact) mass is 224 g/mol. The first kappa shape index (κ1) is 12.6. The molecule has 0 aliphatic rings. The minimum Gasteiger partial charge on any atom is -0.122 e. The van der Waals surface area contributed by atoms with Gasteiger partial charge in [0, 0.05) is 5.38 Å². The van der Waals surface area contributed by atoms with Crippen LogP contribution in [0.4, 0.5) is 0 Å². The van der Waals surface area contributed by atoms with E-state index >= 15 is 0 Å². The number of hydrogen-bond acceptors (Lipinski definition) is 0. The van der Waals surface area contributed by atoms with E-state index in [2.05, 4.69) is 51.1 Å². The Morgan fingerprint density at radius 3 is 2.20 bits per heavy atom. The molecular formula is C14H21Cl. The van der Waals surface area contributed by atoms with Crippen LogP contribution in [-0.4, -0.2) is 5.38 Å². The van der Waals surface area contributed by atoms with Crippen LogP contribution in [0.1, 0.15) is 32.8 Å². The van der Waals surface area contributed by atoms with Crippen LogP contribution in [0.3, 0.4) is 0 Å². The fourth-order valence-electron chi connectivity index (χ4n) is 1.94. The molecule has 1 heteroatoms. The van der Waals surface area contributed by atoms with Crippen molar-refractivity contribution in [1.29, 1.82) is 0 Å². The Bertz CT molecular complexity index is 266. The summed E-state index contributed by atoms with van der Waals surface area (Å²) in [4.78, 5) is 0. The molecule has 1 aromatic carbocycles. The van der Waals surface area contributed by atoms with Crippen molar-refractivity contribution in [3.63, 3.8) is 0 Å². The van der Waals surface area contributed by atoms with Crippen LogP contribution in [0.25, 0.3) is 0 Å². The molecule has 0 radical (unpaired) electrons. The van der Waals surface area contributed by atoms with Crippen molar-refractivity contribution >= 4 is 11.6 Å². The van der Waals surface area contributed by atoms with Gasteiger partial charge in [-0.15, -0.1) is 11.6 Å². The zero-order valence-corrected chi connectivity index (χ0v) is 10.7. The SMILES string of the molecule is CCC(Cc1ccccc1)C(Cl)C(C)C. The third-order valence-corrected chi connectivity index (χ3v) is 3.81. The van der Waals surface area contributed by atoms with Crippen molar-refractivity contribution in [2.24, 2.45) is 11.8 Å². The van der Waals surface area contributed by atoms with Crippen LogP contribution >= 0.6 is 11.6 Å². The molecule has 84 valence electrons. The van der Waals surface area contributed by atoms with Gasteiger partial charge in [0.1, 0.15) is 0 Å². The molecule has 1 aromatic rings. The Morgan fingerprint density at radius 1 is 1.13 bits per heavy atom. The largest absolute Gasteiger partial charge is 0.122 e. The standard InChI is InChI=1S/C14H21Cl/c1-4-13(14(15)11(2)3)10-12-8-6-5-7-9-12/h5-9,11,13-14H,4,10H2,1-3H3. The topological polar surface area (TPSA) is 0 Å². The predicted octanol–water partition coefficient (Wildman–Crippen LogP) is 4.52. The average molecular weight is 225 g/mol. The summed E-state index contributed by atoms with van der Waals surface area (Å²) in [6.07, 6.45) is 2.25.